The van der Waals surface area contributed by atoms with Gasteiger partial charge in [-0.2, -0.15) is 0 Å². The molecular formula is C17H27NO2. The predicted molar refractivity (Wildman–Crippen MR) is 83.4 cm³/mol. The summed E-state index contributed by atoms with van der Waals surface area (Å²) in [5.41, 5.74) is 1.81. The zero-order valence-electron chi connectivity index (χ0n) is 13.1. The lowest BCUT2D eigenvalue weighted by Gasteiger charge is -2.39. The number of hydrogen-bond donors (Lipinski definition) is 1. The summed E-state index contributed by atoms with van der Waals surface area (Å²) in [6, 6.07) is 8.82. The molecule has 3 heteroatoms. The molecule has 1 aromatic carbocycles. The van der Waals surface area contributed by atoms with Gasteiger partial charge < -0.3 is 14.7 Å². The highest BCUT2D eigenvalue weighted by atomic mass is 16.5. The molecule has 0 bridgehead atoms. The number of aliphatic hydroxyl groups is 1. The van der Waals surface area contributed by atoms with Crippen molar-refractivity contribution in [1.29, 1.82) is 0 Å². The Balaban J connectivity index is 2.07. The van der Waals surface area contributed by atoms with Gasteiger partial charge in [-0.1, -0.05) is 26.0 Å². The highest BCUT2D eigenvalue weighted by molar-refractivity contribution is 5.48. The van der Waals surface area contributed by atoms with Gasteiger partial charge in [-0.25, -0.2) is 0 Å². The van der Waals surface area contributed by atoms with Crippen LogP contribution in [-0.4, -0.2) is 36.5 Å². The quantitative estimate of drug-likeness (QED) is 0.917. The third kappa shape index (κ3) is 3.53. The fourth-order valence-corrected chi connectivity index (χ4v) is 2.56. The Morgan fingerprint density at radius 2 is 2.00 bits per heavy atom. The Labute approximate surface area is 122 Å². The molecule has 0 amide bonds. The monoisotopic (exact) mass is 277 g/mol. The smallest absolute Gasteiger partial charge is 0.103 e. The number of benzene rings is 1. The molecule has 1 saturated heterocycles. The summed E-state index contributed by atoms with van der Waals surface area (Å²) in [6.07, 6.45) is 1.03. The maximum atomic E-state index is 10.1. The van der Waals surface area contributed by atoms with Crippen molar-refractivity contribution in [3.05, 3.63) is 29.8 Å². The van der Waals surface area contributed by atoms with E-state index in [1.807, 2.05) is 13.8 Å². The topological polar surface area (TPSA) is 32.7 Å². The summed E-state index contributed by atoms with van der Waals surface area (Å²) in [4.78, 5) is 2.30. The summed E-state index contributed by atoms with van der Waals surface area (Å²) >= 11 is 0. The minimum atomic E-state index is -0.796. The summed E-state index contributed by atoms with van der Waals surface area (Å²) in [5, 5.41) is 10.1. The second-order valence-corrected chi connectivity index (χ2v) is 6.36. The van der Waals surface area contributed by atoms with Crippen molar-refractivity contribution in [2.45, 2.75) is 51.7 Å². The van der Waals surface area contributed by atoms with Gasteiger partial charge in [0.1, 0.15) is 6.10 Å². The molecule has 1 unspecified atom stereocenters. The van der Waals surface area contributed by atoms with Gasteiger partial charge in [0.2, 0.25) is 0 Å². The van der Waals surface area contributed by atoms with Crippen LogP contribution in [0.3, 0.4) is 0 Å². The summed E-state index contributed by atoms with van der Waals surface area (Å²) < 4.78 is 5.68. The third-order valence-corrected chi connectivity index (χ3v) is 4.29. The van der Waals surface area contributed by atoms with Crippen LogP contribution in [0.15, 0.2) is 24.3 Å². The van der Waals surface area contributed by atoms with Crippen LogP contribution < -0.4 is 4.90 Å². The highest BCUT2D eigenvalue weighted by Gasteiger charge is 2.32. The first-order chi connectivity index (χ1) is 9.41. The highest BCUT2D eigenvalue weighted by Crippen LogP contribution is 2.25. The van der Waals surface area contributed by atoms with Gasteiger partial charge in [0.15, 0.2) is 0 Å². The minimum absolute atomic E-state index is 0.134. The van der Waals surface area contributed by atoms with Gasteiger partial charge in [0, 0.05) is 18.8 Å². The molecule has 0 aliphatic carbocycles. The van der Waals surface area contributed by atoms with Crippen LogP contribution in [0.4, 0.5) is 5.69 Å². The molecule has 0 spiro atoms. The fourth-order valence-electron chi connectivity index (χ4n) is 2.56. The lowest BCUT2D eigenvalue weighted by atomic mass is 9.97. The second-order valence-electron chi connectivity index (χ2n) is 6.36. The van der Waals surface area contributed by atoms with Crippen LogP contribution in [0.1, 0.15) is 45.6 Å². The molecule has 2 rings (SSSR count). The molecule has 112 valence electrons. The van der Waals surface area contributed by atoms with E-state index in [-0.39, 0.29) is 6.10 Å². The van der Waals surface area contributed by atoms with E-state index in [1.165, 1.54) is 11.3 Å². The lowest BCUT2D eigenvalue weighted by molar-refractivity contribution is -0.0927. The molecule has 20 heavy (non-hydrogen) atoms. The standard InChI is InChI=1S/C17H27NO2/c1-5-13(2)14-6-8-15(9-7-14)18-10-11-20-16(12-18)17(3,4)19/h6-9,13,16,19H,5,10-12H2,1-4H3/t13?,16-/m0/s1. The number of anilines is 1. The maximum Gasteiger partial charge on any atom is 0.103 e. The van der Waals surface area contributed by atoms with Crippen molar-refractivity contribution in [2.24, 2.45) is 0 Å². The van der Waals surface area contributed by atoms with E-state index in [2.05, 4.69) is 43.0 Å². The average molecular weight is 277 g/mol. The van der Waals surface area contributed by atoms with Gasteiger partial charge in [-0.3, -0.25) is 0 Å². The van der Waals surface area contributed by atoms with Gasteiger partial charge in [-0.15, -0.1) is 0 Å². The Bertz CT molecular complexity index is 422. The first-order valence-corrected chi connectivity index (χ1v) is 7.60. The third-order valence-electron chi connectivity index (χ3n) is 4.29. The lowest BCUT2D eigenvalue weighted by Crippen LogP contribution is -2.52. The Morgan fingerprint density at radius 1 is 1.35 bits per heavy atom. The van der Waals surface area contributed by atoms with Crippen LogP contribution in [0.2, 0.25) is 0 Å². The normalized spacial score (nSPS) is 21.9. The van der Waals surface area contributed by atoms with Crippen molar-refractivity contribution >= 4 is 5.69 Å². The van der Waals surface area contributed by atoms with Gasteiger partial charge in [0.25, 0.3) is 0 Å². The van der Waals surface area contributed by atoms with Crippen LogP contribution in [0, 0.1) is 0 Å². The van der Waals surface area contributed by atoms with Gasteiger partial charge >= 0.3 is 0 Å². The summed E-state index contributed by atoms with van der Waals surface area (Å²) in [7, 11) is 0. The number of morpholine rings is 1. The molecule has 1 heterocycles. The molecular weight excluding hydrogens is 250 g/mol. The molecule has 1 aliphatic rings. The molecule has 0 saturated carbocycles. The molecule has 3 nitrogen and oxygen atoms in total. The molecule has 0 aromatic heterocycles. The maximum absolute atomic E-state index is 10.1. The number of ether oxygens (including phenoxy) is 1. The Hall–Kier alpha value is -1.06. The van der Waals surface area contributed by atoms with E-state index in [9.17, 15) is 5.11 Å². The van der Waals surface area contributed by atoms with Gasteiger partial charge in [0.05, 0.1) is 12.2 Å². The van der Waals surface area contributed by atoms with Crippen LogP contribution in [0.25, 0.3) is 0 Å². The molecule has 1 N–H and O–H groups in total. The number of hydrogen-bond acceptors (Lipinski definition) is 3. The van der Waals surface area contributed by atoms with Crippen LogP contribution >= 0.6 is 0 Å². The van der Waals surface area contributed by atoms with Crippen molar-refractivity contribution in [2.75, 3.05) is 24.6 Å². The van der Waals surface area contributed by atoms with E-state index in [4.69, 9.17) is 4.74 Å². The van der Waals surface area contributed by atoms with Crippen molar-refractivity contribution in [1.82, 2.24) is 0 Å². The molecule has 1 aliphatic heterocycles. The molecule has 0 radical (unpaired) electrons. The second kappa shape index (κ2) is 6.15. The van der Waals surface area contributed by atoms with Crippen molar-refractivity contribution < 1.29 is 9.84 Å². The van der Waals surface area contributed by atoms with E-state index < -0.39 is 5.60 Å². The summed E-state index contributed by atoms with van der Waals surface area (Å²) in [6.45, 7) is 10.4. The first kappa shape index (κ1) is 15.3. The molecule has 1 fully saturated rings. The van der Waals surface area contributed by atoms with E-state index >= 15 is 0 Å². The fraction of sp³-hybridized carbons (Fsp3) is 0.647. The van der Waals surface area contributed by atoms with Crippen LogP contribution in [0.5, 0.6) is 0 Å². The van der Waals surface area contributed by atoms with Crippen LogP contribution in [-0.2, 0) is 4.74 Å². The van der Waals surface area contributed by atoms with Gasteiger partial charge in [-0.05, 0) is 43.9 Å². The first-order valence-electron chi connectivity index (χ1n) is 7.60. The number of rotatable bonds is 4. The Morgan fingerprint density at radius 3 is 2.55 bits per heavy atom. The largest absolute Gasteiger partial charge is 0.388 e. The SMILES string of the molecule is CCC(C)c1ccc(N2CCO[C@H](C(C)(C)O)C2)cc1. The number of nitrogens with zero attached hydrogens (tertiary/aromatic N) is 1. The van der Waals surface area contributed by atoms with E-state index in [1.54, 1.807) is 0 Å². The van der Waals surface area contributed by atoms with E-state index in [0.717, 1.165) is 19.5 Å². The molecule has 1 aromatic rings. The Kier molecular flexibility index (Phi) is 4.71. The van der Waals surface area contributed by atoms with E-state index in [0.29, 0.717) is 12.5 Å². The van der Waals surface area contributed by atoms with Crippen molar-refractivity contribution in [3.63, 3.8) is 0 Å². The predicted octanol–water partition coefficient (Wildman–Crippen LogP) is 3.18. The zero-order chi connectivity index (χ0) is 14.8. The van der Waals surface area contributed by atoms with Crippen molar-refractivity contribution in [3.8, 4) is 0 Å². The zero-order valence-corrected chi connectivity index (χ0v) is 13.1. The average Bonchev–Trinajstić information content (AvgIpc) is 2.46. The minimum Gasteiger partial charge on any atom is -0.388 e. The molecule has 2 atom stereocenters. The summed E-state index contributed by atoms with van der Waals surface area (Å²) in [5.74, 6) is 0.609.